The van der Waals surface area contributed by atoms with Crippen molar-refractivity contribution in [3.63, 3.8) is 0 Å². The molecule has 1 rings (SSSR count). The number of rotatable bonds is 8. The molecule has 22 heavy (non-hydrogen) atoms. The fourth-order valence-electron chi connectivity index (χ4n) is 2.72. The summed E-state index contributed by atoms with van der Waals surface area (Å²) in [6.45, 7) is 8.07. The first kappa shape index (κ1) is 19.2. The molecule has 2 amide bonds. The van der Waals surface area contributed by atoms with E-state index in [2.05, 4.69) is 34.5 Å². The molecule has 3 N–H and O–H groups in total. The summed E-state index contributed by atoms with van der Waals surface area (Å²) < 4.78 is 0. The van der Waals surface area contributed by atoms with E-state index in [0.717, 1.165) is 26.1 Å². The third-order valence-electron chi connectivity index (χ3n) is 4.77. The van der Waals surface area contributed by atoms with Gasteiger partial charge in [0.25, 0.3) is 0 Å². The molecule has 2 unspecified atom stereocenters. The Labute approximate surface area is 135 Å². The van der Waals surface area contributed by atoms with E-state index >= 15 is 0 Å². The molecule has 1 aliphatic heterocycles. The largest absolute Gasteiger partial charge is 0.391 e. The molecule has 130 valence electrons. The lowest BCUT2D eigenvalue weighted by Crippen LogP contribution is -2.46. The molecule has 0 spiro atoms. The van der Waals surface area contributed by atoms with Crippen molar-refractivity contribution in [1.82, 2.24) is 20.4 Å². The second kappa shape index (κ2) is 10.0. The summed E-state index contributed by atoms with van der Waals surface area (Å²) in [6, 6.07) is 0.500. The Morgan fingerprint density at radius 1 is 1.32 bits per heavy atom. The first-order chi connectivity index (χ1) is 10.4. The van der Waals surface area contributed by atoms with Crippen molar-refractivity contribution in [3.05, 3.63) is 0 Å². The van der Waals surface area contributed by atoms with E-state index in [-0.39, 0.29) is 11.9 Å². The lowest BCUT2D eigenvalue weighted by Gasteiger charge is -2.35. The van der Waals surface area contributed by atoms with Crippen LogP contribution in [-0.4, -0.2) is 79.9 Å². The highest BCUT2D eigenvalue weighted by Gasteiger charge is 2.20. The highest BCUT2D eigenvalue weighted by atomic mass is 16.3. The molecule has 1 heterocycles. The number of likely N-dealkylation sites (tertiary alicyclic amines) is 1. The molecule has 0 aromatic heterocycles. The number of amides is 2. The number of piperidine rings is 1. The van der Waals surface area contributed by atoms with Crippen molar-refractivity contribution < 1.29 is 9.90 Å². The summed E-state index contributed by atoms with van der Waals surface area (Å²) in [5.74, 6) is 0.207. The fourth-order valence-corrected chi connectivity index (χ4v) is 2.72. The van der Waals surface area contributed by atoms with Gasteiger partial charge in [-0.25, -0.2) is 4.79 Å². The summed E-state index contributed by atoms with van der Waals surface area (Å²) >= 11 is 0. The van der Waals surface area contributed by atoms with Crippen LogP contribution in [0.3, 0.4) is 0 Å². The van der Waals surface area contributed by atoms with Gasteiger partial charge in [0.05, 0.1) is 6.10 Å². The lowest BCUT2D eigenvalue weighted by atomic mass is 10.0. The summed E-state index contributed by atoms with van der Waals surface area (Å²) in [5.41, 5.74) is 0. The summed E-state index contributed by atoms with van der Waals surface area (Å²) in [5, 5.41) is 15.4. The Hall–Kier alpha value is -0.850. The van der Waals surface area contributed by atoms with Gasteiger partial charge in [-0.2, -0.15) is 0 Å². The quantitative estimate of drug-likeness (QED) is 0.617. The minimum Gasteiger partial charge on any atom is -0.391 e. The van der Waals surface area contributed by atoms with Gasteiger partial charge in [0.15, 0.2) is 0 Å². The molecule has 0 aliphatic carbocycles. The number of carbonyl (C=O) groups excluding carboxylic acids is 1. The van der Waals surface area contributed by atoms with E-state index < -0.39 is 6.10 Å². The smallest absolute Gasteiger partial charge is 0.314 e. The van der Waals surface area contributed by atoms with Gasteiger partial charge in [-0.05, 0) is 45.9 Å². The van der Waals surface area contributed by atoms with Gasteiger partial charge in [-0.15, -0.1) is 0 Å². The highest BCUT2D eigenvalue weighted by Crippen LogP contribution is 2.13. The molecule has 1 fully saturated rings. The minimum atomic E-state index is -0.471. The van der Waals surface area contributed by atoms with Crippen molar-refractivity contribution in [2.24, 2.45) is 5.92 Å². The molecule has 6 nitrogen and oxygen atoms in total. The van der Waals surface area contributed by atoms with Crippen LogP contribution >= 0.6 is 0 Å². The Morgan fingerprint density at radius 3 is 2.50 bits per heavy atom. The molecule has 0 radical (unpaired) electrons. The van der Waals surface area contributed by atoms with Gasteiger partial charge in [-0.3, -0.25) is 0 Å². The summed E-state index contributed by atoms with van der Waals surface area (Å²) in [7, 11) is 4.28. The normalized spacial score (nSPS) is 19.9. The van der Waals surface area contributed by atoms with E-state index in [1.807, 2.05) is 13.8 Å². The van der Waals surface area contributed by atoms with E-state index in [9.17, 15) is 9.90 Å². The number of carbonyl (C=O) groups is 1. The van der Waals surface area contributed by atoms with Gasteiger partial charge >= 0.3 is 6.03 Å². The van der Waals surface area contributed by atoms with Gasteiger partial charge in [0.1, 0.15) is 0 Å². The second-order valence-corrected chi connectivity index (χ2v) is 6.63. The van der Waals surface area contributed by atoms with E-state index in [4.69, 9.17) is 0 Å². The Bertz CT molecular complexity index is 317. The molecule has 0 aromatic carbocycles. The zero-order chi connectivity index (χ0) is 16.5. The maximum Gasteiger partial charge on any atom is 0.314 e. The first-order valence-corrected chi connectivity index (χ1v) is 8.52. The number of aliphatic hydroxyl groups is 1. The molecule has 1 aliphatic rings. The minimum absolute atomic E-state index is 0.189. The maximum atomic E-state index is 11.7. The van der Waals surface area contributed by atoms with Crippen molar-refractivity contribution in [3.8, 4) is 0 Å². The Morgan fingerprint density at radius 2 is 1.95 bits per heavy atom. The number of aliphatic hydroxyl groups excluding tert-OH is 1. The molecule has 0 aromatic rings. The Kier molecular flexibility index (Phi) is 8.75. The van der Waals surface area contributed by atoms with E-state index in [1.165, 1.54) is 12.8 Å². The number of nitrogens with one attached hydrogen (secondary N) is 2. The molecule has 6 heteroatoms. The van der Waals surface area contributed by atoms with Crippen LogP contribution in [0.5, 0.6) is 0 Å². The lowest BCUT2D eigenvalue weighted by molar-refractivity contribution is 0.114. The van der Waals surface area contributed by atoms with Crippen LogP contribution in [-0.2, 0) is 0 Å². The SMILES string of the molecule is CCC(C)C(O)CNC(=O)NCCN1CCC(N(C)C)CC1. The molecule has 2 atom stereocenters. The van der Waals surface area contributed by atoms with Crippen LogP contribution < -0.4 is 10.6 Å². The average molecular weight is 314 g/mol. The monoisotopic (exact) mass is 314 g/mol. The van der Waals surface area contributed by atoms with Crippen molar-refractivity contribution in [1.29, 1.82) is 0 Å². The topological polar surface area (TPSA) is 67.8 Å². The van der Waals surface area contributed by atoms with Crippen LogP contribution in [0.2, 0.25) is 0 Å². The van der Waals surface area contributed by atoms with Crippen molar-refractivity contribution in [2.75, 3.05) is 46.8 Å². The number of urea groups is 1. The van der Waals surface area contributed by atoms with Gasteiger partial charge in [0, 0.05) is 25.7 Å². The van der Waals surface area contributed by atoms with Gasteiger partial charge in [-0.1, -0.05) is 20.3 Å². The molecule has 0 bridgehead atoms. The Balaban J connectivity index is 2.08. The van der Waals surface area contributed by atoms with Crippen molar-refractivity contribution >= 4 is 6.03 Å². The first-order valence-electron chi connectivity index (χ1n) is 8.52. The van der Waals surface area contributed by atoms with Crippen LogP contribution in [0.1, 0.15) is 33.1 Å². The van der Waals surface area contributed by atoms with Crippen LogP contribution in [0, 0.1) is 5.92 Å². The van der Waals surface area contributed by atoms with Gasteiger partial charge in [0.2, 0.25) is 0 Å². The maximum absolute atomic E-state index is 11.7. The predicted octanol–water partition coefficient (Wildman–Crippen LogP) is 0.719. The summed E-state index contributed by atoms with van der Waals surface area (Å²) in [4.78, 5) is 16.4. The van der Waals surface area contributed by atoms with Crippen LogP contribution in [0.15, 0.2) is 0 Å². The fraction of sp³-hybridized carbons (Fsp3) is 0.938. The van der Waals surface area contributed by atoms with Crippen LogP contribution in [0.4, 0.5) is 4.79 Å². The third-order valence-corrected chi connectivity index (χ3v) is 4.77. The molecular formula is C16H34N4O2. The van der Waals surface area contributed by atoms with E-state index in [1.54, 1.807) is 0 Å². The third kappa shape index (κ3) is 6.94. The van der Waals surface area contributed by atoms with Crippen molar-refractivity contribution in [2.45, 2.75) is 45.3 Å². The highest BCUT2D eigenvalue weighted by molar-refractivity contribution is 5.73. The summed E-state index contributed by atoms with van der Waals surface area (Å²) in [6.07, 6.45) is 2.83. The van der Waals surface area contributed by atoms with Gasteiger partial charge < -0.3 is 25.5 Å². The number of hydrogen-bond donors (Lipinski definition) is 3. The second-order valence-electron chi connectivity index (χ2n) is 6.63. The number of hydrogen-bond acceptors (Lipinski definition) is 4. The van der Waals surface area contributed by atoms with Crippen LogP contribution in [0.25, 0.3) is 0 Å². The molecule has 1 saturated heterocycles. The zero-order valence-electron chi connectivity index (χ0n) is 14.6. The molecule has 0 saturated carbocycles. The zero-order valence-corrected chi connectivity index (χ0v) is 14.6. The number of nitrogens with zero attached hydrogens (tertiary/aromatic N) is 2. The standard InChI is InChI=1S/C16H34N4O2/c1-5-13(2)15(21)12-18-16(22)17-8-11-20-9-6-14(7-10-20)19(3)4/h13-15,21H,5-12H2,1-4H3,(H2,17,18,22). The van der Waals surface area contributed by atoms with E-state index in [0.29, 0.717) is 19.1 Å². The molecular weight excluding hydrogens is 280 g/mol. The average Bonchev–Trinajstić information content (AvgIpc) is 2.52. The predicted molar refractivity (Wildman–Crippen MR) is 90.0 cm³/mol.